The molecule has 1 aromatic rings. The maximum Gasteiger partial charge on any atom is 0.243 e. The number of nitrogens with one attached hydrogen (secondary N) is 3. The quantitative estimate of drug-likeness (QED) is 0.655. The van der Waals surface area contributed by atoms with E-state index >= 15 is 0 Å². The van der Waals surface area contributed by atoms with Gasteiger partial charge in [-0.25, -0.2) is 0 Å². The van der Waals surface area contributed by atoms with Crippen LogP contribution in [0.5, 0.6) is 5.75 Å². The Morgan fingerprint density at radius 3 is 2.48 bits per heavy atom. The van der Waals surface area contributed by atoms with Gasteiger partial charge in [0.25, 0.3) is 0 Å². The molecule has 0 bridgehead atoms. The van der Waals surface area contributed by atoms with Crippen LogP contribution in [0.1, 0.15) is 19.8 Å². The number of ether oxygens (including phenoxy) is 2. The van der Waals surface area contributed by atoms with Gasteiger partial charge in [-0.2, -0.15) is 0 Å². The normalized spacial score (nSPS) is 16.1. The Balaban J connectivity index is 1.84. The highest BCUT2D eigenvalue weighted by atomic mass is 16.5. The minimum atomic E-state index is -0.556. The van der Waals surface area contributed by atoms with Gasteiger partial charge in [0.15, 0.2) is 0 Å². The van der Waals surface area contributed by atoms with Crippen molar-refractivity contribution in [2.45, 2.75) is 19.8 Å². The van der Waals surface area contributed by atoms with Crippen molar-refractivity contribution in [2.24, 2.45) is 5.41 Å². The van der Waals surface area contributed by atoms with Crippen molar-refractivity contribution in [3.05, 3.63) is 24.3 Å². The number of carbonyl (C=O) groups is 2. The fourth-order valence-corrected chi connectivity index (χ4v) is 2.97. The molecular weight excluding hydrogens is 322 g/mol. The van der Waals surface area contributed by atoms with E-state index in [1.54, 1.807) is 31.4 Å². The van der Waals surface area contributed by atoms with Crippen LogP contribution in [-0.4, -0.2) is 51.8 Å². The van der Waals surface area contributed by atoms with Crippen LogP contribution in [-0.2, 0) is 14.3 Å². The predicted octanol–water partition coefficient (Wildman–Crippen LogP) is 1.16. The predicted molar refractivity (Wildman–Crippen MR) is 95.7 cm³/mol. The second-order valence-corrected chi connectivity index (χ2v) is 6.15. The molecular formula is C18H27N3O4. The lowest BCUT2D eigenvalue weighted by atomic mass is 9.78. The van der Waals surface area contributed by atoms with E-state index in [0.717, 1.165) is 18.8 Å². The summed E-state index contributed by atoms with van der Waals surface area (Å²) in [6, 6.07) is 7.12. The van der Waals surface area contributed by atoms with Crippen LogP contribution in [0, 0.1) is 5.41 Å². The molecule has 0 spiro atoms. The van der Waals surface area contributed by atoms with E-state index in [1.165, 1.54) is 0 Å². The average molecular weight is 349 g/mol. The third-order valence-electron chi connectivity index (χ3n) is 4.32. The van der Waals surface area contributed by atoms with Crippen molar-refractivity contribution in [2.75, 3.05) is 45.3 Å². The molecule has 1 saturated heterocycles. The highest BCUT2D eigenvalue weighted by Gasteiger charge is 2.39. The molecule has 1 heterocycles. The Kier molecular flexibility index (Phi) is 7.21. The van der Waals surface area contributed by atoms with E-state index in [0.29, 0.717) is 31.7 Å². The molecule has 0 saturated carbocycles. The number of hydrogen-bond acceptors (Lipinski definition) is 5. The number of amides is 2. The smallest absolute Gasteiger partial charge is 0.243 e. The molecule has 0 unspecified atom stereocenters. The highest BCUT2D eigenvalue weighted by molar-refractivity contribution is 5.95. The van der Waals surface area contributed by atoms with Gasteiger partial charge in [-0.15, -0.1) is 0 Å². The Labute approximate surface area is 148 Å². The fraction of sp³-hybridized carbons (Fsp3) is 0.556. The van der Waals surface area contributed by atoms with Crippen LogP contribution >= 0.6 is 0 Å². The van der Waals surface area contributed by atoms with Crippen molar-refractivity contribution >= 4 is 17.5 Å². The summed E-state index contributed by atoms with van der Waals surface area (Å²) in [6.45, 7) is 4.35. The van der Waals surface area contributed by atoms with Crippen LogP contribution < -0.4 is 20.7 Å². The number of piperidine rings is 1. The van der Waals surface area contributed by atoms with Crippen LogP contribution in [0.4, 0.5) is 5.69 Å². The largest absolute Gasteiger partial charge is 0.494 e. The average Bonchev–Trinajstić information content (AvgIpc) is 2.62. The number of carbonyl (C=O) groups excluding carboxylic acids is 2. The Morgan fingerprint density at radius 1 is 1.20 bits per heavy atom. The number of anilines is 1. The summed E-state index contributed by atoms with van der Waals surface area (Å²) < 4.78 is 10.6. The van der Waals surface area contributed by atoms with Gasteiger partial charge >= 0.3 is 0 Å². The van der Waals surface area contributed by atoms with Gasteiger partial charge in [-0.3, -0.25) is 9.59 Å². The minimum Gasteiger partial charge on any atom is -0.494 e. The van der Waals surface area contributed by atoms with Crippen LogP contribution in [0.3, 0.4) is 0 Å². The minimum absolute atomic E-state index is 0.0645. The van der Waals surface area contributed by atoms with E-state index in [9.17, 15) is 9.59 Å². The summed E-state index contributed by atoms with van der Waals surface area (Å²) in [5, 5.41) is 8.75. The fourth-order valence-electron chi connectivity index (χ4n) is 2.97. The van der Waals surface area contributed by atoms with Crippen molar-refractivity contribution in [1.29, 1.82) is 0 Å². The van der Waals surface area contributed by atoms with Gasteiger partial charge in [-0.05, 0) is 57.1 Å². The molecule has 2 rings (SSSR count). The first-order chi connectivity index (χ1) is 12.1. The van der Waals surface area contributed by atoms with E-state index in [1.807, 2.05) is 6.92 Å². The molecule has 2 amide bonds. The molecule has 1 aliphatic heterocycles. The maximum atomic E-state index is 12.6. The molecule has 0 aromatic heterocycles. The highest BCUT2D eigenvalue weighted by Crippen LogP contribution is 2.29. The summed E-state index contributed by atoms with van der Waals surface area (Å²) in [5.74, 6) is 0.359. The number of hydrogen-bond donors (Lipinski definition) is 3. The zero-order valence-electron chi connectivity index (χ0n) is 14.9. The first-order valence-corrected chi connectivity index (χ1v) is 8.60. The van der Waals surface area contributed by atoms with Crippen molar-refractivity contribution in [1.82, 2.24) is 10.6 Å². The van der Waals surface area contributed by atoms with Gasteiger partial charge in [0.1, 0.15) is 5.75 Å². The van der Waals surface area contributed by atoms with E-state index in [-0.39, 0.29) is 18.4 Å². The molecule has 0 atom stereocenters. The SMILES string of the molecule is CCOc1ccc(NC(=O)CNC(=O)C2(COC)CCNCC2)cc1. The van der Waals surface area contributed by atoms with Gasteiger partial charge in [-0.1, -0.05) is 0 Å². The topological polar surface area (TPSA) is 88.7 Å². The lowest BCUT2D eigenvalue weighted by Gasteiger charge is -2.35. The van der Waals surface area contributed by atoms with Gasteiger partial charge in [0, 0.05) is 12.8 Å². The molecule has 7 heteroatoms. The molecule has 0 radical (unpaired) electrons. The van der Waals surface area contributed by atoms with Crippen LogP contribution in [0.2, 0.25) is 0 Å². The first kappa shape index (κ1) is 19.2. The summed E-state index contributed by atoms with van der Waals surface area (Å²) in [7, 11) is 1.59. The summed E-state index contributed by atoms with van der Waals surface area (Å²) in [4.78, 5) is 24.6. The van der Waals surface area contributed by atoms with E-state index in [2.05, 4.69) is 16.0 Å². The third-order valence-corrected chi connectivity index (χ3v) is 4.32. The summed E-state index contributed by atoms with van der Waals surface area (Å²) in [5.41, 5.74) is 0.107. The molecule has 1 aliphatic rings. The van der Waals surface area contributed by atoms with Crippen LogP contribution in [0.15, 0.2) is 24.3 Å². The monoisotopic (exact) mass is 349 g/mol. The van der Waals surface area contributed by atoms with E-state index in [4.69, 9.17) is 9.47 Å². The van der Waals surface area contributed by atoms with Crippen molar-refractivity contribution in [3.63, 3.8) is 0 Å². The van der Waals surface area contributed by atoms with E-state index < -0.39 is 5.41 Å². The zero-order chi connectivity index (χ0) is 18.1. The number of methoxy groups -OCH3 is 1. The molecule has 1 fully saturated rings. The van der Waals surface area contributed by atoms with Gasteiger partial charge < -0.3 is 25.4 Å². The standard InChI is InChI=1S/C18H27N3O4/c1-3-25-15-6-4-14(5-7-15)21-16(22)12-20-17(23)18(13-24-2)8-10-19-11-9-18/h4-7,19H,3,8-13H2,1-2H3,(H,20,23)(H,21,22). The second-order valence-electron chi connectivity index (χ2n) is 6.15. The van der Waals surface area contributed by atoms with Crippen LogP contribution in [0.25, 0.3) is 0 Å². The molecule has 7 nitrogen and oxygen atoms in total. The Hall–Kier alpha value is -2.12. The summed E-state index contributed by atoms with van der Waals surface area (Å²) >= 11 is 0. The molecule has 138 valence electrons. The Bertz CT molecular complexity index is 563. The number of benzene rings is 1. The summed E-state index contributed by atoms with van der Waals surface area (Å²) in [6.07, 6.45) is 1.40. The molecule has 1 aromatic carbocycles. The number of rotatable bonds is 8. The first-order valence-electron chi connectivity index (χ1n) is 8.60. The lowest BCUT2D eigenvalue weighted by Crippen LogP contribution is -2.51. The second kappa shape index (κ2) is 9.39. The zero-order valence-corrected chi connectivity index (χ0v) is 14.9. The van der Waals surface area contributed by atoms with Crippen molar-refractivity contribution < 1.29 is 19.1 Å². The maximum absolute atomic E-state index is 12.6. The molecule has 0 aliphatic carbocycles. The molecule has 3 N–H and O–H groups in total. The third kappa shape index (κ3) is 5.44. The van der Waals surface area contributed by atoms with Gasteiger partial charge in [0.2, 0.25) is 11.8 Å². The van der Waals surface area contributed by atoms with Gasteiger partial charge in [0.05, 0.1) is 25.2 Å². The molecule has 25 heavy (non-hydrogen) atoms. The Morgan fingerprint density at radius 2 is 1.88 bits per heavy atom. The lowest BCUT2D eigenvalue weighted by molar-refractivity contribution is -0.137. The van der Waals surface area contributed by atoms with Crippen molar-refractivity contribution in [3.8, 4) is 5.75 Å².